The Balaban J connectivity index is 4.48. The van der Waals surface area contributed by atoms with Crippen LogP contribution in [0.4, 0.5) is 0 Å². The zero-order chi connectivity index (χ0) is 50.7. The fourth-order valence-corrected chi connectivity index (χ4v) is 7.95. The molecule has 0 N–H and O–H groups in total. The van der Waals surface area contributed by atoms with Gasteiger partial charge in [-0.2, -0.15) is 0 Å². The van der Waals surface area contributed by atoms with E-state index in [1.807, 2.05) is 0 Å². The maximum atomic E-state index is 12.9. The van der Waals surface area contributed by atoms with Crippen molar-refractivity contribution in [2.45, 2.75) is 277 Å². The van der Waals surface area contributed by atoms with E-state index in [1.54, 1.807) is 0 Å². The minimum atomic E-state index is -0.803. The van der Waals surface area contributed by atoms with E-state index < -0.39 is 6.10 Å². The number of hydrogen-bond acceptors (Lipinski definition) is 6. The first-order chi connectivity index (χ1) is 34.5. The highest BCUT2D eigenvalue weighted by Crippen LogP contribution is 2.15. The first kappa shape index (κ1) is 66.3. The minimum absolute atomic E-state index is 0.0960. The third kappa shape index (κ3) is 55.3. The molecule has 400 valence electrons. The fraction of sp³-hybridized carbons (Fsp3) is 0.703. The van der Waals surface area contributed by atoms with Gasteiger partial charge in [0.25, 0.3) is 0 Å². The monoisotopic (exact) mass is 973 g/mol. The maximum absolute atomic E-state index is 12.9. The van der Waals surface area contributed by atoms with Crippen LogP contribution in [-0.2, 0) is 28.6 Å². The van der Waals surface area contributed by atoms with Crippen molar-refractivity contribution < 1.29 is 28.6 Å². The van der Waals surface area contributed by atoms with Crippen LogP contribution in [0.2, 0.25) is 0 Å². The summed E-state index contributed by atoms with van der Waals surface area (Å²) in [4.78, 5) is 38.2. The van der Waals surface area contributed by atoms with Crippen molar-refractivity contribution in [3.8, 4) is 0 Å². The van der Waals surface area contributed by atoms with Gasteiger partial charge in [0.05, 0.1) is 0 Å². The Kier molecular flexibility index (Phi) is 54.9. The maximum Gasteiger partial charge on any atom is 0.306 e. The molecule has 0 aromatic heterocycles. The van der Waals surface area contributed by atoms with Crippen LogP contribution in [0.15, 0.2) is 97.2 Å². The molecule has 0 radical (unpaired) electrons. The summed E-state index contributed by atoms with van der Waals surface area (Å²) in [5, 5.41) is 0. The lowest BCUT2D eigenvalue weighted by molar-refractivity contribution is -0.167. The summed E-state index contributed by atoms with van der Waals surface area (Å²) >= 11 is 0. The lowest BCUT2D eigenvalue weighted by atomic mass is 10.0. The van der Waals surface area contributed by atoms with E-state index in [4.69, 9.17) is 14.2 Å². The van der Waals surface area contributed by atoms with E-state index in [0.717, 1.165) is 122 Å². The number of esters is 3. The van der Waals surface area contributed by atoms with E-state index in [2.05, 4.69) is 118 Å². The number of rotatable bonds is 52. The first-order valence-corrected chi connectivity index (χ1v) is 29.2. The number of ether oxygens (including phenoxy) is 3. The van der Waals surface area contributed by atoms with Crippen molar-refractivity contribution >= 4 is 17.9 Å². The Hall–Kier alpha value is -3.67. The number of carbonyl (C=O) groups is 3. The second kappa shape index (κ2) is 57.9. The average molecular weight is 974 g/mol. The second-order valence-corrected chi connectivity index (χ2v) is 19.2. The molecule has 6 heteroatoms. The zero-order valence-corrected chi connectivity index (χ0v) is 45.8. The Labute approximate surface area is 432 Å². The molecule has 6 nitrogen and oxygen atoms in total. The van der Waals surface area contributed by atoms with Crippen molar-refractivity contribution in [1.82, 2.24) is 0 Å². The number of carbonyl (C=O) groups excluding carboxylic acids is 3. The summed E-state index contributed by atoms with van der Waals surface area (Å²) in [6, 6.07) is 0. The molecule has 0 bridgehead atoms. The molecule has 0 aliphatic heterocycles. The summed E-state index contributed by atoms with van der Waals surface area (Å²) in [6.45, 7) is 6.47. The summed E-state index contributed by atoms with van der Waals surface area (Å²) < 4.78 is 16.8. The SMILES string of the molecule is CC/C=C\C/C=C\C/C=C\C/C=C\C/C=C\CCCCCC(=O)OC[C@@H](COC(=O)CCCCCCCCCCCCCCCCCC)OC(=O)CCCCCC/C=C\C/C=C\C/C=C\CCCCC. The van der Waals surface area contributed by atoms with E-state index in [0.29, 0.717) is 19.3 Å². The second-order valence-electron chi connectivity index (χ2n) is 19.2. The predicted octanol–water partition coefficient (Wildman–Crippen LogP) is 19.7. The first-order valence-electron chi connectivity index (χ1n) is 29.2. The fourth-order valence-electron chi connectivity index (χ4n) is 7.95. The highest BCUT2D eigenvalue weighted by Gasteiger charge is 2.19. The van der Waals surface area contributed by atoms with Gasteiger partial charge in [0.2, 0.25) is 0 Å². The van der Waals surface area contributed by atoms with Crippen LogP contribution >= 0.6 is 0 Å². The molecule has 1 atom stereocenters. The Bertz CT molecular complexity index is 1400. The lowest BCUT2D eigenvalue weighted by Crippen LogP contribution is -2.30. The molecular weight excluding hydrogens is 865 g/mol. The zero-order valence-electron chi connectivity index (χ0n) is 45.8. The van der Waals surface area contributed by atoms with Gasteiger partial charge in [0.15, 0.2) is 6.10 Å². The number of allylic oxidation sites excluding steroid dienone is 16. The minimum Gasteiger partial charge on any atom is -0.462 e. The van der Waals surface area contributed by atoms with E-state index in [1.165, 1.54) is 109 Å². The molecule has 0 heterocycles. The van der Waals surface area contributed by atoms with E-state index >= 15 is 0 Å². The molecule has 0 fully saturated rings. The normalized spacial score (nSPS) is 12.8. The van der Waals surface area contributed by atoms with Crippen molar-refractivity contribution in [3.05, 3.63) is 97.2 Å². The summed E-state index contributed by atoms with van der Waals surface area (Å²) in [6.07, 6.45) is 76.8. The molecule has 0 rings (SSSR count). The van der Waals surface area contributed by atoms with Gasteiger partial charge in [-0.05, 0) is 103 Å². The van der Waals surface area contributed by atoms with Crippen LogP contribution in [-0.4, -0.2) is 37.2 Å². The van der Waals surface area contributed by atoms with Crippen molar-refractivity contribution in [2.24, 2.45) is 0 Å². The Morgan fingerprint density at radius 2 is 0.557 bits per heavy atom. The van der Waals surface area contributed by atoms with Crippen LogP contribution in [0.3, 0.4) is 0 Å². The molecule has 0 saturated carbocycles. The van der Waals surface area contributed by atoms with E-state index in [-0.39, 0.29) is 31.1 Å². The van der Waals surface area contributed by atoms with Crippen LogP contribution in [0.1, 0.15) is 271 Å². The topological polar surface area (TPSA) is 78.9 Å². The standard InChI is InChI=1S/C64H108O6/c1-4-7-10-13-16-19-22-25-28-31-32-34-36-39-42-45-48-51-54-57-63(66)69-60-61(59-68-62(65)56-53-50-47-44-41-38-35-30-27-24-21-18-15-12-9-6-3)70-64(67)58-55-52-49-46-43-40-37-33-29-26-23-20-17-14-11-8-5-2/h7,10,16-17,19-20,25-26,28-29,32,34,37,39-40,42,61H,4-6,8-9,11-15,18,21-24,27,30-31,33,35-36,38,41,43-60H2,1-3H3/b10-7-,19-16-,20-17-,28-25-,29-26-,34-32-,40-37-,42-39-/t61-/m1/s1. The molecule has 0 saturated heterocycles. The van der Waals surface area contributed by atoms with Gasteiger partial charge in [0, 0.05) is 19.3 Å². The van der Waals surface area contributed by atoms with E-state index in [9.17, 15) is 14.4 Å². The van der Waals surface area contributed by atoms with Gasteiger partial charge in [-0.15, -0.1) is 0 Å². The molecule has 70 heavy (non-hydrogen) atoms. The van der Waals surface area contributed by atoms with Crippen LogP contribution < -0.4 is 0 Å². The van der Waals surface area contributed by atoms with Crippen molar-refractivity contribution in [1.29, 1.82) is 0 Å². The average Bonchev–Trinajstić information content (AvgIpc) is 3.36. The summed E-state index contributed by atoms with van der Waals surface area (Å²) in [5.41, 5.74) is 0. The lowest BCUT2D eigenvalue weighted by Gasteiger charge is -2.18. The molecule has 0 aliphatic rings. The summed E-state index contributed by atoms with van der Waals surface area (Å²) in [5.74, 6) is -0.945. The van der Waals surface area contributed by atoms with Gasteiger partial charge in [-0.25, -0.2) is 0 Å². The number of unbranched alkanes of at least 4 members (excludes halogenated alkanes) is 25. The molecule has 0 amide bonds. The highest BCUT2D eigenvalue weighted by molar-refractivity contribution is 5.71. The van der Waals surface area contributed by atoms with Crippen LogP contribution in [0, 0.1) is 0 Å². The van der Waals surface area contributed by atoms with Gasteiger partial charge >= 0.3 is 17.9 Å². The summed E-state index contributed by atoms with van der Waals surface area (Å²) in [7, 11) is 0. The van der Waals surface area contributed by atoms with Gasteiger partial charge in [-0.3, -0.25) is 14.4 Å². The molecule has 0 spiro atoms. The van der Waals surface area contributed by atoms with Crippen LogP contribution in [0.5, 0.6) is 0 Å². The van der Waals surface area contributed by atoms with Gasteiger partial charge in [-0.1, -0.05) is 246 Å². The smallest absolute Gasteiger partial charge is 0.306 e. The predicted molar refractivity (Wildman–Crippen MR) is 302 cm³/mol. The van der Waals surface area contributed by atoms with Crippen molar-refractivity contribution in [2.75, 3.05) is 13.2 Å². The van der Waals surface area contributed by atoms with Crippen molar-refractivity contribution in [3.63, 3.8) is 0 Å². The third-order valence-electron chi connectivity index (χ3n) is 12.3. The molecule has 0 unspecified atom stereocenters. The van der Waals surface area contributed by atoms with Crippen LogP contribution in [0.25, 0.3) is 0 Å². The number of hydrogen-bond donors (Lipinski definition) is 0. The van der Waals surface area contributed by atoms with Gasteiger partial charge in [0.1, 0.15) is 13.2 Å². The Morgan fingerprint density at radius 1 is 0.300 bits per heavy atom. The highest BCUT2D eigenvalue weighted by atomic mass is 16.6. The largest absolute Gasteiger partial charge is 0.462 e. The molecule has 0 aliphatic carbocycles. The Morgan fingerprint density at radius 3 is 0.914 bits per heavy atom. The molecule has 0 aromatic carbocycles. The van der Waals surface area contributed by atoms with Gasteiger partial charge < -0.3 is 14.2 Å². The third-order valence-corrected chi connectivity index (χ3v) is 12.3. The molecular formula is C64H108O6. The quantitative estimate of drug-likeness (QED) is 0.0262. The molecule has 0 aromatic rings.